The van der Waals surface area contributed by atoms with E-state index in [1.807, 2.05) is 0 Å². The van der Waals surface area contributed by atoms with Crippen LogP contribution in [-0.2, 0) is 18.7 Å². The van der Waals surface area contributed by atoms with Crippen molar-refractivity contribution in [1.29, 1.82) is 0 Å². The number of hydrogen-bond donors (Lipinski definition) is 0. The van der Waals surface area contributed by atoms with Crippen molar-refractivity contribution in [1.82, 2.24) is 0 Å². The van der Waals surface area contributed by atoms with Gasteiger partial charge in [0, 0.05) is 18.4 Å². The molecular weight excluding hydrogens is 344 g/mol. The molecule has 148 valence electrons. The second-order valence-corrected chi connectivity index (χ2v) is 15.1. The van der Waals surface area contributed by atoms with E-state index in [1.54, 1.807) is 0 Å². The molecule has 3 aliphatic rings. The van der Waals surface area contributed by atoms with Crippen molar-refractivity contribution in [2.75, 3.05) is 0 Å². The van der Waals surface area contributed by atoms with Crippen molar-refractivity contribution in [2.24, 2.45) is 5.92 Å². The van der Waals surface area contributed by atoms with Gasteiger partial charge in [-0.3, -0.25) is 4.79 Å². The molecule has 3 rings (SSSR count). The molecule has 2 heterocycles. The van der Waals surface area contributed by atoms with Gasteiger partial charge in [-0.1, -0.05) is 41.5 Å². The highest BCUT2D eigenvalue weighted by atomic mass is 28.4. The van der Waals surface area contributed by atoms with Crippen molar-refractivity contribution >= 4 is 14.1 Å². The summed E-state index contributed by atoms with van der Waals surface area (Å²) in [6, 6.07) is 0. The molecule has 2 aliphatic heterocycles. The maximum absolute atomic E-state index is 12.7. The Kier molecular flexibility index (Phi) is 5.21. The van der Waals surface area contributed by atoms with Crippen molar-refractivity contribution in [3.8, 4) is 0 Å². The van der Waals surface area contributed by atoms with Crippen molar-refractivity contribution in [3.63, 3.8) is 0 Å². The summed E-state index contributed by atoms with van der Waals surface area (Å²) in [7, 11) is -2.09. The molecule has 0 aromatic carbocycles. The topological polar surface area (TPSA) is 44.8 Å². The molecule has 26 heavy (non-hydrogen) atoms. The summed E-state index contributed by atoms with van der Waals surface area (Å²) in [5, 5.41) is 0. The minimum Gasteiger partial charge on any atom is -0.468 e. The number of ether oxygens (including phenoxy) is 2. The van der Waals surface area contributed by atoms with Crippen LogP contribution in [0.4, 0.5) is 0 Å². The summed E-state index contributed by atoms with van der Waals surface area (Å²) in [6.07, 6.45) is 1.88. The zero-order chi connectivity index (χ0) is 19.4. The molecule has 0 N–H and O–H groups in total. The molecule has 4 nitrogen and oxygen atoms in total. The zero-order valence-corrected chi connectivity index (χ0v) is 18.7. The SMILES string of the molecule is CC(C)[Si](O[C@@H]1[C@@H]2C3=C(CCCC3=O)O[C@@H]2OC1(C)C)(C(C)C)C(C)C. The van der Waals surface area contributed by atoms with E-state index in [1.165, 1.54) is 0 Å². The van der Waals surface area contributed by atoms with E-state index in [4.69, 9.17) is 13.9 Å². The second kappa shape index (κ2) is 6.75. The quantitative estimate of drug-likeness (QED) is 0.604. The molecule has 0 saturated carbocycles. The molecule has 1 aliphatic carbocycles. The number of rotatable bonds is 5. The Labute approximate surface area is 159 Å². The van der Waals surface area contributed by atoms with Gasteiger partial charge < -0.3 is 13.9 Å². The number of fused-ring (bicyclic) bond motifs is 2. The third-order valence-corrected chi connectivity index (χ3v) is 12.8. The van der Waals surface area contributed by atoms with E-state index in [0.29, 0.717) is 23.0 Å². The summed E-state index contributed by atoms with van der Waals surface area (Å²) in [6.45, 7) is 18.0. The van der Waals surface area contributed by atoms with Crippen LogP contribution in [0.1, 0.15) is 74.7 Å². The monoisotopic (exact) mass is 380 g/mol. The molecule has 0 unspecified atom stereocenters. The lowest BCUT2D eigenvalue weighted by Crippen LogP contribution is -2.55. The zero-order valence-electron chi connectivity index (χ0n) is 17.7. The maximum atomic E-state index is 12.7. The largest absolute Gasteiger partial charge is 0.468 e. The number of carbonyl (C=O) groups excluding carboxylic acids is 1. The first-order valence-corrected chi connectivity index (χ1v) is 12.4. The van der Waals surface area contributed by atoms with Gasteiger partial charge in [0.05, 0.1) is 17.6 Å². The molecule has 0 radical (unpaired) electrons. The molecule has 0 aromatic rings. The summed E-state index contributed by atoms with van der Waals surface area (Å²) in [5.41, 5.74) is 1.90. The summed E-state index contributed by atoms with van der Waals surface area (Å²) < 4.78 is 19.5. The predicted octanol–water partition coefficient (Wildman–Crippen LogP) is 5.34. The molecule has 1 fully saturated rings. The Hall–Kier alpha value is -0.653. The van der Waals surface area contributed by atoms with Crippen molar-refractivity contribution < 1.29 is 18.7 Å². The van der Waals surface area contributed by atoms with Gasteiger partial charge in [0.15, 0.2) is 5.78 Å². The molecule has 0 amide bonds. The van der Waals surface area contributed by atoms with E-state index in [0.717, 1.165) is 24.2 Å². The van der Waals surface area contributed by atoms with Crippen LogP contribution in [0.3, 0.4) is 0 Å². The highest BCUT2D eigenvalue weighted by molar-refractivity contribution is 6.77. The van der Waals surface area contributed by atoms with Gasteiger partial charge in [0.1, 0.15) is 5.76 Å². The van der Waals surface area contributed by atoms with E-state index >= 15 is 0 Å². The summed E-state index contributed by atoms with van der Waals surface area (Å²) in [5.74, 6) is 1.03. The number of Topliss-reactive ketones (excluding diaryl/α,β-unsaturated/α-hetero) is 1. The van der Waals surface area contributed by atoms with Crippen LogP contribution in [0.25, 0.3) is 0 Å². The van der Waals surface area contributed by atoms with Crippen LogP contribution in [0.15, 0.2) is 11.3 Å². The molecular formula is C21H36O4Si. The number of hydrogen-bond acceptors (Lipinski definition) is 4. The number of allylic oxidation sites excluding steroid dienone is 1. The maximum Gasteiger partial charge on any atom is 0.209 e. The standard InChI is InChI=1S/C21H36O4Si/c1-12(2)26(13(3)4,14(5)6)25-19-18-17-15(22)10-9-11-16(17)23-20(18)24-21(19,7)8/h12-14,18-20H,9-11H2,1-8H3/t18-,19+,20+/m0/s1. The van der Waals surface area contributed by atoms with E-state index in [-0.39, 0.29) is 24.1 Å². The van der Waals surface area contributed by atoms with Crippen molar-refractivity contribution in [2.45, 2.75) is 109 Å². The van der Waals surface area contributed by atoms with Crippen molar-refractivity contribution in [3.05, 3.63) is 11.3 Å². The highest BCUT2D eigenvalue weighted by Crippen LogP contribution is 2.53. The predicted molar refractivity (Wildman–Crippen MR) is 105 cm³/mol. The Morgan fingerprint density at radius 1 is 1.04 bits per heavy atom. The van der Waals surface area contributed by atoms with Crippen LogP contribution in [0.5, 0.6) is 0 Å². The summed E-state index contributed by atoms with van der Waals surface area (Å²) >= 11 is 0. The molecule has 0 spiro atoms. The van der Waals surface area contributed by atoms with E-state index in [2.05, 4.69) is 55.4 Å². The van der Waals surface area contributed by atoms with Gasteiger partial charge in [-0.25, -0.2) is 0 Å². The minimum absolute atomic E-state index is 0.0732. The first kappa shape index (κ1) is 20.1. The van der Waals surface area contributed by atoms with Gasteiger partial charge in [-0.2, -0.15) is 0 Å². The number of carbonyl (C=O) groups is 1. The molecule has 5 heteroatoms. The summed E-state index contributed by atoms with van der Waals surface area (Å²) in [4.78, 5) is 12.7. The van der Waals surface area contributed by atoms with Crippen LogP contribution >= 0.6 is 0 Å². The molecule has 0 aromatic heterocycles. The smallest absolute Gasteiger partial charge is 0.209 e. The van der Waals surface area contributed by atoms with Crippen LogP contribution in [-0.4, -0.2) is 32.1 Å². The Bertz CT molecular complexity index is 583. The second-order valence-electron chi connectivity index (χ2n) is 9.70. The molecule has 1 saturated heterocycles. The van der Waals surface area contributed by atoms with E-state index in [9.17, 15) is 4.79 Å². The lowest BCUT2D eigenvalue weighted by atomic mass is 9.82. The van der Waals surface area contributed by atoms with E-state index < -0.39 is 13.9 Å². The fraction of sp³-hybridized carbons (Fsp3) is 0.857. The van der Waals surface area contributed by atoms with Gasteiger partial charge in [-0.05, 0) is 36.9 Å². The lowest BCUT2D eigenvalue weighted by molar-refractivity contribution is -0.143. The average molecular weight is 381 g/mol. The fourth-order valence-corrected chi connectivity index (χ4v) is 11.4. The Balaban J connectivity index is 2.01. The van der Waals surface area contributed by atoms with Crippen LogP contribution < -0.4 is 0 Å². The molecule has 3 atom stereocenters. The lowest BCUT2D eigenvalue weighted by Gasteiger charge is -2.46. The van der Waals surface area contributed by atoms with Gasteiger partial charge in [0.25, 0.3) is 0 Å². The van der Waals surface area contributed by atoms with Gasteiger partial charge in [-0.15, -0.1) is 0 Å². The van der Waals surface area contributed by atoms with Gasteiger partial charge >= 0.3 is 0 Å². The fourth-order valence-electron chi connectivity index (χ4n) is 5.71. The molecule has 0 bridgehead atoms. The highest BCUT2D eigenvalue weighted by Gasteiger charge is 2.61. The number of ketones is 1. The first-order valence-electron chi connectivity index (χ1n) is 10.3. The Morgan fingerprint density at radius 3 is 2.15 bits per heavy atom. The third-order valence-electron chi connectivity index (χ3n) is 6.76. The minimum atomic E-state index is -2.09. The average Bonchev–Trinajstić information content (AvgIpc) is 2.95. The van der Waals surface area contributed by atoms with Crippen LogP contribution in [0.2, 0.25) is 16.6 Å². The van der Waals surface area contributed by atoms with Gasteiger partial charge in [0.2, 0.25) is 14.6 Å². The first-order chi connectivity index (χ1) is 12.0. The van der Waals surface area contributed by atoms with Crippen LogP contribution in [0, 0.1) is 5.92 Å². The Morgan fingerprint density at radius 2 is 1.62 bits per heavy atom. The third kappa shape index (κ3) is 2.91. The normalized spacial score (nSPS) is 31.0.